The summed E-state index contributed by atoms with van der Waals surface area (Å²) in [5, 5.41) is 2.51. The third-order valence-electron chi connectivity index (χ3n) is 2.83. The molecule has 0 fully saturated rings. The van der Waals surface area contributed by atoms with Gasteiger partial charge in [0.05, 0.1) is 5.39 Å². The van der Waals surface area contributed by atoms with Gasteiger partial charge in [-0.2, -0.15) is 0 Å². The lowest BCUT2D eigenvalue weighted by Gasteiger charge is -2.03. The van der Waals surface area contributed by atoms with Crippen molar-refractivity contribution >= 4 is 37.7 Å². The molecule has 0 aliphatic carbocycles. The fraction of sp³-hybridized carbons (Fsp3) is 0.0714. The molecule has 0 saturated carbocycles. The maximum absolute atomic E-state index is 11.9. The van der Waals surface area contributed by atoms with Crippen LogP contribution in [0.4, 0.5) is 0 Å². The lowest BCUT2D eigenvalue weighted by molar-refractivity contribution is 0.569. The maximum atomic E-state index is 11.9. The van der Waals surface area contributed by atoms with Gasteiger partial charge in [-0.25, -0.2) is 4.79 Å². The van der Waals surface area contributed by atoms with Gasteiger partial charge in [0.2, 0.25) is 0 Å². The zero-order chi connectivity index (χ0) is 12.0. The van der Waals surface area contributed by atoms with Crippen LogP contribution in [0.15, 0.2) is 50.1 Å². The Hall–Kier alpha value is -1.61. The highest BCUT2D eigenvalue weighted by Gasteiger charge is 2.07. The standard InChI is InChI=1S/C14H9BrO2/c1-8-2-4-11-10-5-3-9(15)7-12(10)14(16)17-13(11)6-8/h2-7H,1H3. The number of aryl methyl sites for hydroxylation is 1. The van der Waals surface area contributed by atoms with E-state index in [2.05, 4.69) is 15.9 Å². The van der Waals surface area contributed by atoms with E-state index in [9.17, 15) is 4.79 Å². The Bertz CT molecular complexity index is 787. The second-order valence-corrected chi connectivity index (χ2v) is 4.99. The highest BCUT2D eigenvalue weighted by atomic mass is 79.9. The number of hydrogen-bond donors (Lipinski definition) is 0. The van der Waals surface area contributed by atoms with Gasteiger partial charge >= 0.3 is 5.63 Å². The van der Waals surface area contributed by atoms with Gasteiger partial charge in [0.15, 0.2) is 0 Å². The third-order valence-corrected chi connectivity index (χ3v) is 3.32. The number of rotatable bonds is 0. The second-order valence-electron chi connectivity index (χ2n) is 4.08. The molecule has 0 aliphatic rings. The third kappa shape index (κ3) is 1.67. The Balaban J connectivity index is 2.60. The summed E-state index contributed by atoms with van der Waals surface area (Å²) in [7, 11) is 0. The molecule has 0 bridgehead atoms. The Morgan fingerprint density at radius 3 is 2.59 bits per heavy atom. The molecule has 17 heavy (non-hydrogen) atoms. The largest absolute Gasteiger partial charge is 0.422 e. The van der Waals surface area contributed by atoms with Gasteiger partial charge in [0.25, 0.3) is 0 Å². The van der Waals surface area contributed by atoms with Crippen LogP contribution in [0.25, 0.3) is 21.7 Å². The van der Waals surface area contributed by atoms with Crippen molar-refractivity contribution in [2.45, 2.75) is 6.92 Å². The summed E-state index contributed by atoms with van der Waals surface area (Å²) in [6.45, 7) is 1.98. The summed E-state index contributed by atoms with van der Waals surface area (Å²) >= 11 is 3.36. The second kappa shape index (κ2) is 3.70. The average Bonchev–Trinajstić information content (AvgIpc) is 2.29. The molecule has 2 aromatic carbocycles. The van der Waals surface area contributed by atoms with Crippen LogP contribution in [0.2, 0.25) is 0 Å². The fourth-order valence-electron chi connectivity index (χ4n) is 2.01. The summed E-state index contributed by atoms with van der Waals surface area (Å²) in [6, 6.07) is 11.6. The van der Waals surface area contributed by atoms with Gasteiger partial charge in [0.1, 0.15) is 5.58 Å². The van der Waals surface area contributed by atoms with Crippen LogP contribution >= 0.6 is 15.9 Å². The SMILES string of the molecule is Cc1ccc2c(c1)oc(=O)c1cc(Br)ccc12. The molecule has 1 aromatic heterocycles. The average molecular weight is 289 g/mol. The topological polar surface area (TPSA) is 30.2 Å². The zero-order valence-corrected chi connectivity index (χ0v) is 10.7. The molecule has 0 spiro atoms. The van der Waals surface area contributed by atoms with Crippen LogP contribution in [0.3, 0.4) is 0 Å². The van der Waals surface area contributed by atoms with E-state index in [0.29, 0.717) is 11.0 Å². The molecule has 3 heteroatoms. The van der Waals surface area contributed by atoms with E-state index in [4.69, 9.17) is 4.42 Å². The summed E-state index contributed by atoms with van der Waals surface area (Å²) in [6.07, 6.45) is 0. The van der Waals surface area contributed by atoms with Crippen molar-refractivity contribution in [2.24, 2.45) is 0 Å². The first kappa shape index (κ1) is 10.5. The summed E-state index contributed by atoms with van der Waals surface area (Å²) in [5.41, 5.74) is 1.43. The molecular formula is C14H9BrO2. The van der Waals surface area contributed by atoms with Crippen LogP contribution in [0.5, 0.6) is 0 Å². The molecule has 3 aromatic rings. The van der Waals surface area contributed by atoms with Crippen molar-refractivity contribution in [2.75, 3.05) is 0 Å². The summed E-state index contributed by atoms with van der Waals surface area (Å²) in [5.74, 6) is 0. The van der Waals surface area contributed by atoms with Crippen LogP contribution in [-0.2, 0) is 0 Å². The molecule has 1 heterocycles. The highest BCUT2D eigenvalue weighted by Crippen LogP contribution is 2.25. The predicted octanol–water partition coefficient (Wildman–Crippen LogP) is 4.02. The van der Waals surface area contributed by atoms with Crippen LogP contribution in [0, 0.1) is 6.92 Å². The van der Waals surface area contributed by atoms with Gasteiger partial charge in [-0.05, 0) is 36.1 Å². The van der Waals surface area contributed by atoms with Gasteiger partial charge in [0, 0.05) is 9.86 Å². The van der Waals surface area contributed by atoms with E-state index in [1.807, 2.05) is 37.3 Å². The first-order valence-corrected chi connectivity index (χ1v) is 6.07. The van der Waals surface area contributed by atoms with Gasteiger partial charge in [-0.1, -0.05) is 34.1 Å². The maximum Gasteiger partial charge on any atom is 0.344 e. The van der Waals surface area contributed by atoms with E-state index < -0.39 is 0 Å². The van der Waals surface area contributed by atoms with Gasteiger partial charge < -0.3 is 4.42 Å². The first-order chi connectivity index (χ1) is 8.15. The Morgan fingerprint density at radius 1 is 1.00 bits per heavy atom. The molecule has 0 radical (unpaired) electrons. The molecule has 0 amide bonds. The van der Waals surface area contributed by atoms with E-state index >= 15 is 0 Å². The van der Waals surface area contributed by atoms with Gasteiger partial charge in [-0.15, -0.1) is 0 Å². The molecular weight excluding hydrogens is 280 g/mol. The summed E-state index contributed by atoms with van der Waals surface area (Å²) < 4.78 is 6.21. The van der Waals surface area contributed by atoms with Crippen LogP contribution in [0.1, 0.15) is 5.56 Å². The highest BCUT2D eigenvalue weighted by molar-refractivity contribution is 9.10. The van der Waals surface area contributed by atoms with Crippen molar-refractivity contribution < 1.29 is 4.42 Å². The molecule has 0 N–H and O–H groups in total. The van der Waals surface area contributed by atoms with Crippen molar-refractivity contribution in [1.29, 1.82) is 0 Å². The lowest BCUT2D eigenvalue weighted by atomic mass is 10.1. The number of benzene rings is 2. The minimum absolute atomic E-state index is 0.292. The van der Waals surface area contributed by atoms with E-state index in [1.54, 1.807) is 6.07 Å². The quantitative estimate of drug-likeness (QED) is 0.462. The molecule has 0 saturated heterocycles. The number of hydrogen-bond acceptors (Lipinski definition) is 2. The zero-order valence-electron chi connectivity index (χ0n) is 9.16. The van der Waals surface area contributed by atoms with Gasteiger partial charge in [-0.3, -0.25) is 0 Å². The molecule has 0 aliphatic heterocycles. The Labute approximate surface area is 106 Å². The molecule has 3 rings (SSSR count). The van der Waals surface area contributed by atoms with Crippen molar-refractivity contribution in [1.82, 2.24) is 0 Å². The van der Waals surface area contributed by atoms with Crippen molar-refractivity contribution in [3.05, 3.63) is 56.9 Å². The minimum Gasteiger partial charge on any atom is -0.422 e. The van der Waals surface area contributed by atoms with Crippen molar-refractivity contribution in [3.63, 3.8) is 0 Å². The smallest absolute Gasteiger partial charge is 0.344 e. The molecule has 0 atom stereocenters. The monoisotopic (exact) mass is 288 g/mol. The molecule has 84 valence electrons. The first-order valence-electron chi connectivity index (χ1n) is 5.28. The minimum atomic E-state index is -0.292. The van der Waals surface area contributed by atoms with E-state index in [0.717, 1.165) is 20.8 Å². The van der Waals surface area contributed by atoms with E-state index in [-0.39, 0.29) is 5.63 Å². The Kier molecular flexibility index (Phi) is 2.30. The van der Waals surface area contributed by atoms with E-state index in [1.165, 1.54) is 0 Å². The number of halogens is 1. The normalized spacial score (nSPS) is 11.2. The van der Waals surface area contributed by atoms with Crippen LogP contribution in [-0.4, -0.2) is 0 Å². The summed E-state index contributed by atoms with van der Waals surface area (Å²) in [4.78, 5) is 11.9. The van der Waals surface area contributed by atoms with Crippen molar-refractivity contribution in [3.8, 4) is 0 Å². The van der Waals surface area contributed by atoms with Crippen LogP contribution < -0.4 is 5.63 Å². The number of fused-ring (bicyclic) bond motifs is 3. The molecule has 0 unspecified atom stereocenters. The predicted molar refractivity (Wildman–Crippen MR) is 72.4 cm³/mol. The Morgan fingerprint density at radius 2 is 1.76 bits per heavy atom. The lowest BCUT2D eigenvalue weighted by Crippen LogP contribution is -1.99. The molecule has 2 nitrogen and oxygen atoms in total. The fourth-order valence-corrected chi connectivity index (χ4v) is 2.37.